The summed E-state index contributed by atoms with van der Waals surface area (Å²) in [5.74, 6) is -2.02. The maximum absolute atomic E-state index is 10.6. The van der Waals surface area contributed by atoms with Crippen LogP contribution in [0.4, 0.5) is 0 Å². The Balaban J connectivity index is 4.29. The molecule has 0 fully saturated rings. The van der Waals surface area contributed by atoms with E-state index in [1.165, 1.54) is 4.90 Å². The van der Waals surface area contributed by atoms with E-state index in [9.17, 15) is 14.4 Å². The lowest BCUT2D eigenvalue weighted by atomic mass is 10.2. The number of hydrogen-bond donors (Lipinski definition) is 4. The summed E-state index contributed by atoms with van der Waals surface area (Å²) in [5, 5.41) is 0. The first-order valence-electron chi connectivity index (χ1n) is 4.16. The Labute approximate surface area is 86.5 Å². The first kappa shape index (κ1) is 13.3. The molecule has 0 saturated carbocycles. The van der Waals surface area contributed by atoms with Gasteiger partial charge in [-0.1, -0.05) is 0 Å². The van der Waals surface area contributed by atoms with Gasteiger partial charge in [0.2, 0.25) is 17.7 Å². The van der Waals surface area contributed by atoms with Crippen molar-refractivity contribution in [3.63, 3.8) is 0 Å². The van der Waals surface area contributed by atoms with E-state index in [0.717, 1.165) is 0 Å². The molecule has 3 amide bonds. The van der Waals surface area contributed by atoms with Crippen molar-refractivity contribution >= 4 is 17.7 Å². The molecular weight excluding hydrogens is 202 g/mol. The number of nitrogens with zero attached hydrogens (tertiary/aromatic N) is 1. The van der Waals surface area contributed by atoms with Crippen molar-refractivity contribution in [2.45, 2.75) is 6.04 Å². The maximum atomic E-state index is 10.6. The fraction of sp³-hybridized carbons (Fsp3) is 0.571. The second kappa shape index (κ2) is 5.94. The molecule has 0 aliphatic rings. The number of carbonyl (C=O) groups excluding carboxylic acids is 3. The van der Waals surface area contributed by atoms with Crippen molar-refractivity contribution in [3.05, 3.63) is 0 Å². The number of hydrogen-bond acceptors (Lipinski definition) is 5. The third kappa shape index (κ3) is 6.41. The first-order valence-corrected chi connectivity index (χ1v) is 4.16. The molecule has 8 heteroatoms. The molecule has 86 valence electrons. The number of rotatable bonds is 7. The number of nitrogens with two attached hydrogens (primary N) is 4. The zero-order valence-electron chi connectivity index (χ0n) is 8.18. The van der Waals surface area contributed by atoms with Crippen molar-refractivity contribution in [2.75, 3.05) is 19.6 Å². The highest BCUT2D eigenvalue weighted by atomic mass is 16.2. The van der Waals surface area contributed by atoms with Gasteiger partial charge in [0.15, 0.2) is 0 Å². The first-order chi connectivity index (χ1) is 6.82. The summed E-state index contributed by atoms with van der Waals surface area (Å²) in [4.78, 5) is 33.1. The minimum absolute atomic E-state index is 0.0405. The Morgan fingerprint density at radius 3 is 1.67 bits per heavy atom. The van der Waals surface area contributed by atoms with Crippen molar-refractivity contribution < 1.29 is 14.4 Å². The van der Waals surface area contributed by atoms with Crippen LogP contribution < -0.4 is 22.9 Å². The molecule has 0 aromatic rings. The molecule has 0 radical (unpaired) electrons. The molecule has 15 heavy (non-hydrogen) atoms. The van der Waals surface area contributed by atoms with Gasteiger partial charge in [-0.05, 0) is 0 Å². The highest BCUT2D eigenvalue weighted by Gasteiger charge is 2.17. The molecule has 8 nitrogen and oxygen atoms in total. The normalized spacial score (nSPS) is 12.4. The lowest BCUT2D eigenvalue weighted by Gasteiger charge is -2.21. The summed E-state index contributed by atoms with van der Waals surface area (Å²) < 4.78 is 0. The molecule has 1 atom stereocenters. The van der Waals surface area contributed by atoms with Crippen LogP contribution in [0.15, 0.2) is 0 Å². The van der Waals surface area contributed by atoms with E-state index in [4.69, 9.17) is 22.9 Å². The second-order valence-corrected chi connectivity index (χ2v) is 3.11. The van der Waals surface area contributed by atoms with Gasteiger partial charge in [-0.3, -0.25) is 19.3 Å². The van der Waals surface area contributed by atoms with Crippen LogP contribution in [-0.2, 0) is 14.4 Å². The van der Waals surface area contributed by atoms with Crippen LogP contribution in [0.2, 0.25) is 0 Å². The molecule has 8 N–H and O–H groups in total. The smallest absolute Gasteiger partial charge is 0.235 e. The summed E-state index contributed by atoms with van der Waals surface area (Å²) >= 11 is 0. The third-order valence-electron chi connectivity index (χ3n) is 1.58. The fourth-order valence-corrected chi connectivity index (χ4v) is 0.994. The molecule has 0 aliphatic heterocycles. The Morgan fingerprint density at radius 1 is 1.00 bits per heavy atom. The SMILES string of the molecule is NC(=O)CN(CC(N)=O)CC(N)C(N)=O. The largest absolute Gasteiger partial charge is 0.369 e. The predicted molar refractivity (Wildman–Crippen MR) is 52.0 cm³/mol. The molecule has 0 rings (SSSR count). The Morgan fingerprint density at radius 2 is 1.40 bits per heavy atom. The third-order valence-corrected chi connectivity index (χ3v) is 1.58. The Hall–Kier alpha value is -1.67. The van der Waals surface area contributed by atoms with Crippen molar-refractivity contribution in [1.82, 2.24) is 4.90 Å². The van der Waals surface area contributed by atoms with Gasteiger partial charge in [0.25, 0.3) is 0 Å². The van der Waals surface area contributed by atoms with Crippen LogP contribution >= 0.6 is 0 Å². The van der Waals surface area contributed by atoms with Crippen molar-refractivity contribution in [1.29, 1.82) is 0 Å². The highest BCUT2D eigenvalue weighted by Crippen LogP contribution is 1.90. The average Bonchev–Trinajstić information content (AvgIpc) is 2.00. The second-order valence-electron chi connectivity index (χ2n) is 3.11. The maximum Gasteiger partial charge on any atom is 0.235 e. The molecule has 0 aromatic carbocycles. The monoisotopic (exact) mass is 217 g/mol. The van der Waals surface area contributed by atoms with E-state index in [0.29, 0.717) is 0 Å². The van der Waals surface area contributed by atoms with Crippen LogP contribution in [0.3, 0.4) is 0 Å². The van der Waals surface area contributed by atoms with Gasteiger partial charge in [-0.2, -0.15) is 0 Å². The van der Waals surface area contributed by atoms with E-state index in [1.807, 2.05) is 0 Å². The van der Waals surface area contributed by atoms with E-state index in [-0.39, 0.29) is 19.6 Å². The van der Waals surface area contributed by atoms with Gasteiger partial charge in [-0.25, -0.2) is 0 Å². The number of amides is 3. The van der Waals surface area contributed by atoms with Crippen molar-refractivity contribution in [2.24, 2.45) is 22.9 Å². The van der Waals surface area contributed by atoms with Crippen LogP contribution in [-0.4, -0.2) is 48.3 Å². The lowest BCUT2D eigenvalue weighted by Crippen LogP contribution is -2.50. The summed E-state index contributed by atoms with van der Waals surface area (Å²) in [7, 11) is 0. The molecule has 0 heterocycles. The van der Waals surface area contributed by atoms with Crippen LogP contribution in [0.1, 0.15) is 0 Å². The van der Waals surface area contributed by atoms with Crippen LogP contribution in [0.5, 0.6) is 0 Å². The Bertz CT molecular complexity index is 251. The van der Waals surface area contributed by atoms with Crippen LogP contribution in [0, 0.1) is 0 Å². The summed E-state index contributed by atoms with van der Waals surface area (Å²) in [6.45, 7) is -0.449. The average molecular weight is 217 g/mol. The van der Waals surface area contributed by atoms with Gasteiger partial charge >= 0.3 is 0 Å². The molecule has 0 saturated heterocycles. The summed E-state index contributed by atoms with van der Waals surface area (Å²) in [6, 6.07) is -0.969. The van der Waals surface area contributed by atoms with Gasteiger partial charge < -0.3 is 22.9 Å². The van der Waals surface area contributed by atoms with Crippen LogP contribution in [0.25, 0.3) is 0 Å². The van der Waals surface area contributed by atoms with E-state index >= 15 is 0 Å². The minimum Gasteiger partial charge on any atom is -0.369 e. The van der Waals surface area contributed by atoms with E-state index < -0.39 is 23.8 Å². The topological polar surface area (TPSA) is 159 Å². The number of primary amides is 3. The fourth-order valence-electron chi connectivity index (χ4n) is 0.994. The van der Waals surface area contributed by atoms with Gasteiger partial charge in [0.1, 0.15) is 0 Å². The zero-order valence-corrected chi connectivity index (χ0v) is 8.18. The van der Waals surface area contributed by atoms with Gasteiger partial charge in [-0.15, -0.1) is 0 Å². The van der Waals surface area contributed by atoms with Crippen molar-refractivity contribution in [3.8, 4) is 0 Å². The molecule has 0 spiro atoms. The summed E-state index contributed by atoms with van der Waals surface area (Å²) in [6.07, 6.45) is 0. The molecule has 0 bridgehead atoms. The minimum atomic E-state index is -0.969. The Kier molecular flexibility index (Phi) is 5.27. The molecule has 0 aliphatic carbocycles. The summed E-state index contributed by atoms with van der Waals surface area (Å²) in [5.41, 5.74) is 20.1. The molecule has 1 unspecified atom stereocenters. The van der Waals surface area contributed by atoms with E-state index in [1.54, 1.807) is 0 Å². The predicted octanol–water partition coefficient (Wildman–Crippen LogP) is -3.93. The zero-order chi connectivity index (χ0) is 12.0. The highest BCUT2D eigenvalue weighted by molar-refractivity contribution is 5.81. The molecule has 0 aromatic heterocycles. The van der Waals surface area contributed by atoms with Gasteiger partial charge in [0, 0.05) is 6.54 Å². The quantitative estimate of drug-likeness (QED) is 0.342. The lowest BCUT2D eigenvalue weighted by molar-refractivity contribution is -0.124. The standard InChI is InChI=1S/C7H15N5O3/c8-4(7(11)15)1-12(2-5(9)13)3-6(10)14/h4H,1-3,8H2,(H2,9,13)(H2,10,14)(H2,11,15). The van der Waals surface area contributed by atoms with Gasteiger partial charge in [0.05, 0.1) is 19.1 Å². The van der Waals surface area contributed by atoms with E-state index in [2.05, 4.69) is 0 Å². The molecular formula is C7H15N5O3. The number of carbonyl (C=O) groups is 3.